The Morgan fingerprint density at radius 1 is 1.52 bits per heavy atom. The Morgan fingerprint density at radius 3 is 3.13 bits per heavy atom. The predicted octanol–water partition coefficient (Wildman–Crippen LogP) is 1.26. The SMILES string of the molecule is COCCN1CCCC1CN=C(N)NCCc1ccccn1.I. The molecule has 0 aliphatic carbocycles. The van der Waals surface area contributed by atoms with E-state index in [4.69, 9.17) is 10.5 Å². The topological polar surface area (TPSA) is 75.8 Å². The second kappa shape index (κ2) is 11.6. The van der Waals surface area contributed by atoms with Crippen molar-refractivity contribution in [2.24, 2.45) is 10.7 Å². The van der Waals surface area contributed by atoms with E-state index in [2.05, 4.69) is 20.2 Å². The van der Waals surface area contributed by atoms with Crippen LogP contribution in [0.4, 0.5) is 0 Å². The average Bonchev–Trinajstić information content (AvgIpc) is 2.99. The molecule has 3 N–H and O–H groups in total. The smallest absolute Gasteiger partial charge is 0.188 e. The Labute approximate surface area is 155 Å². The molecule has 130 valence electrons. The van der Waals surface area contributed by atoms with Crippen molar-refractivity contribution in [3.05, 3.63) is 30.1 Å². The van der Waals surface area contributed by atoms with Crippen LogP contribution < -0.4 is 11.1 Å². The van der Waals surface area contributed by atoms with Crippen LogP contribution in [0, 0.1) is 0 Å². The van der Waals surface area contributed by atoms with Crippen molar-refractivity contribution < 1.29 is 4.74 Å². The number of pyridine rings is 1. The largest absolute Gasteiger partial charge is 0.383 e. The van der Waals surface area contributed by atoms with Gasteiger partial charge >= 0.3 is 0 Å². The van der Waals surface area contributed by atoms with Crippen molar-refractivity contribution in [2.45, 2.75) is 25.3 Å². The summed E-state index contributed by atoms with van der Waals surface area (Å²) >= 11 is 0. The lowest BCUT2D eigenvalue weighted by Crippen LogP contribution is -2.37. The summed E-state index contributed by atoms with van der Waals surface area (Å²) in [5.74, 6) is 0.523. The maximum atomic E-state index is 5.94. The lowest BCUT2D eigenvalue weighted by Gasteiger charge is -2.22. The second-order valence-corrected chi connectivity index (χ2v) is 5.55. The highest BCUT2D eigenvalue weighted by Crippen LogP contribution is 2.16. The minimum absolute atomic E-state index is 0. The van der Waals surface area contributed by atoms with Gasteiger partial charge in [0.2, 0.25) is 0 Å². The maximum absolute atomic E-state index is 5.94. The van der Waals surface area contributed by atoms with E-state index in [1.165, 1.54) is 12.8 Å². The Balaban J connectivity index is 0.00000264. The summed E-state index contributed by atoms with van der Waals surface area (Å²) in [6.45, 7) is 4.40. The molecule has 1 aliphatic heterocycles. The van der Waals surface area contributed by atoms with Crippen LogP contribution in [0.1, 0.15) is 18.5 Å². The molecule has 1 unspecified atom stereocenters. The van der Waals surface area contributed by atoms with E-state index in [1.807, 2.05) is 24.4 Å². The van der Waals surface area contributed by atoms with Crippen LogP contribution in [0.15, 0.2) is 29.4 Å². The Hall–Kier alpha value is -0.930. The molecule has 1 saturated heterocycles. The van der Waals surface area contributed by atoms with Crippen molar-refractivity contribution >= 4 is 29.9 Å². The van der Waals surface area contributed by atoms with Crippen molar-refractivity contribution in [1.82, 2.24) is 15.2 Å². The molecule has 0 amide bonds. The number of aromatic nitrogens is 1. The molecule has 0 aromatic carbocycles. The van der Waals surface area contributed by atoms with Gasteiger partial charge in [-0.25, -0.2) is 0 Å². The van der Waals surface area contributed by atoms with Gasteiger partial charge in [-0.05, 0) is 31.5 Å². The molecule has 1 aliphatic rings. The number of hydrogen-bond acceptors (Lipinski definition) is 4. The van der Waals surface area contributed by atoms with Crippen LogP contribution in [-0.2, 0) is 11.2 Å². The van der Waals surface area contributed by atoms with Crippen LogP contribution in [0.3, 0.4) is 0 Å². The lowest BCUT2D eigenvalue weighted by molar-refractivity contribution is 0.143. The van der Waals surface area contributed by atoms with Gasteiger partial charge in [-0.15, -0.1) is 24.0 Å². The Morgan fingerprint density at radius 2 is 2.39 bits per heavy atom. The number of nitrogens with one attached hydrogen (secondary N) is 1. The first-order valence-electron chi connectivity index (χ1n) is 7.96. The zero-order valence-electron chi connectivity index (χ0n) is 13.8. The minimum atomic E-state index is 0. The fourth-order valence-electron chi connectivity index (χ4n) is 2.73. The number of likely N-dealkylation sites (tertiary alicyclic amines) is 1. The molecule has 1 aromatic heterocycles. The molecule has 2 heterocycles. The molecule has 1 fully saturated rings. The van der Waals surface area contributed by atoms with Crippen LogP contribution in [-0.4, -0.2) is 61.8 Å². The summed E-state index contributed by atoms with van der Waals surface area (Å²) in [6, 6.07) is 6.42. The van der Waals surface area contributed by atoms with Gasteiger partial charge in [-0.1, -0.05) is 6.07 Å². The highest BCUT2D eigenvalue weighted by molar-refractivity contribution is 14.0. The molecular formula is C16H28IN5O. The fraction of sp³-hybridized carbons (Fsp3) is 0.625. The lowest BCUT2D eigenvalue weighted by atomic mass is 10.2. The number of halogens is 1. The number of guanidine groups is 1. The molecular weight excluding hydrogens is 405 g/mol. The molecule has 1 aromatic rings. The minimum Gasteiger partial charge on any atom is -0.383 e. The van der Waals surface area contributed by atoms with Crippen LogP contribution in [0.2, 0.25) is 0 Å². The van der Waals surface area contributed by atoms with E-state index in [0.29, 0.717) is 12.0 Å². The van der Waals surface area contributed by atoms with Crippen molar-refractivity contribution in [2.75, 3.05) is 39.9 Å². The van der Waals surface area contributed by atoms with E-state index in [0.717, 1.165) is 44.9 Å². The van der Waals surface area contributed by atoms with E-state index >= 15 is 0 Å². The number of nitrogens with two attached hydrogens (primary N) is 1. The molecule has 1 atom stereocenters. The van der Waals surface area contributed by atoms with Crippen molar-refractivity contribution in [3.8, 4) is 0 Å². The van der Waals surface area contributed by atoms with Gasteiger partial charge in [0.05, 0.1) is 13.2 Å². The molecule has 7 heteroatoms. The number of ether oxygens (including phenoxy) is 1. The van der Waals surface area contributed by atoms with E-state index in [1.54, 1.807) is 7.11 Å². The molecule has 2 rings (SSSR count). The van der Waals surface area contributed by atoms with E-state index in [9.17, 15) is 0 Å². The molecule has 23 heavy (non-hydrogen) atoms. The zero-order chi connectivity index (χ0) is 15.6. The van der Waals surface area contributed by atoms with Gasteiger partial charge in [0.25, 0.3) is 0 Å². The maximum Gasteiger partial charge on any atom is 0.188 e. The van der Waals surface area contributed by atoms with Crippen LogP contribution >= 0.6 is 24.0 Å². The molecule has 0 bridgehead atoms. The van der Waals surface area contributed by atoms with Gasteiger partial charge in [-0.2, -0.15) is 0 Å². The summed E-state index contributed by atoms with van der Waals surface area (Å²) in [5.41, 5.74) is 7.00. The van der Waals surface area contributed by atoms with Gasteiger partial charge < -0.3 is 15.8 Å². The monoisotopic (exact) mass is 433 g/mol. The first-order valence-corrected chi connectivity index (χ1v) is 7.96. The number of methoxy groups -OCH3 is 1. The molecule has 6 nitrogen and oxygen atoms in total. The number of rotatable bonds is 8. The standard InChI is InChI=1S/C16H27N5O.HI/c1-22-12-11-21-10-4-6-15(21)13-20-16(17)19-9-7-14-5-2-3-8-18-14;/h2-3,5,8,15H,4,6-7,9-13H2,1H3,(H3,17,19,20);1H. The predicted molar refractivity (Wildman–Crippen MR) is 104 cm³/mol. The molecule has 0 saturated carbocycles. The summed E-state index contributed by atoms with van der Waals surface area (Å²) in [5, 5.41) is 3.16. The molecule has 0 radical (unpaired) electrons. The highest BCUT2D eigenvalue weighted by atomic mass is 127. The fourth-order valence-corrected chi connectivity index (χ4v) is 2.73. The van der Waals surface area contributed by atoms with Gasteiger partial charge in [0.15, 0.2) is 5.96 Å². The third-order valence-corrected chi connectivity index (χ3v) is 3.97. The first-order chi connectivity index (χ1) is 10.8. The highest BCUT2D eigenvalue weighted by Gasteiger charge is 2.23. The average molecular weight is 433 g/mol. The van der Waals surface area contributed by atoms with Gasteiger partial charge in [0.1, 0.15) is 0 Å². The number of aliphatic imine (C=N–C) groups is 1. The zero-order valence-corrected chi connectivity index (χ0v) is 16.1. The van der Waals surface area contributed by atoms with Gasteiger partial charge in [0, 0.05) is 44.6 Å². The summed E-state index contributed by atoms with van der Waals surface area (Å²) in [4.78, 5) is 11.2. The second-order valence-electron chi connectivity index (χ2n) is 5.55. The van der Waals surface area contributed by atoms with Crippen LogP contribution in [0.5, 0.6) is 0 Å². The van der Waals surface area contributed by atoms with E-state index < -0.39 is 0 Å². The van der Waals surface area contributed by atoms with Gasteiger partial charge in [-0.3, -0.25) is 14.9 Å². The van der Waals surface area contributed by atoms with Crippen LogP contribution in [0.25, 0.3) is 0 Å². The summed E-state index contributed by atoms with van der Waals surface area (Å²) in [7, 11) is 1.74. The van der Waals surface area contributed by atoms with Crippen molar-refractivity contribution in [1.29, 1.82) is 0 Å². The summed E-state index contributed by atoms with van der Waals surface area (Å²) < 4.78 is 5.15. The number of nitrogens with zero attached hydrogens (tertiary/aromatic N) is 3. The first kappa shape index (κ1) is 20.1. The van der Waals surface area contributed by atoms with Crippen molar-refractivity contribution in [3.63, 3.8) is 0 Å². The Kier molecular flexibility index (Phi) is 10.1. The third-order valence-electron chi connectivity index (χ3n) is 3.97. The van der Waals surface area contributed by atoms with E-state index in [-0.39, 0.29) is 24.0 Å². The summed E-state index contributed by atoms with van der Waals surface area (Å²) in [6.07, 6.45) is 5.08. The quantitative estimate of drug-likeness (QED) is 0.367. The third kappa shape index (κ3) is 7.45. The normalized spacial score (nSPS) is 18.7. The molecule has 0 spiro atoms. The number of hydrogen-bond donors (Lipinski definition) is 2. The Bertz CT molecular complexity index is 457.